The molecule has 0 saturated carbocycles. The van der Waals surface area contributed by atoms with Gasteiger partial charge in [0.2, 0.25) is 5.95 Å². The Morgan fingerprint density at radius 2 is 1.79 bits per heavy atom. The van der Waals surface area contributed by atoms with Crippen LogP contribution in [0.1, 0.15) is 24.2 Å². The van der Waals surface area contributed by atoms with Gasteiger partial charge in [0.15, 0.2) is 5.82 Å². The number of hydrogen-bond acceptors (Lipinski definition) is 7. The van der Waals surface area contributed by atoms with Crippen LogP contribution in [0.25, 0.3) is 0 Å². The zero-order valence-electron chi connectivity index (χ0n) is 19.7. The number of likely N-dealkylation sites (N-methyl/N-ethyl adjacent to an activating group) is 1. The highest BCUT2D eigenvalue weighted by Gasteiger charge is 2.16. The molecule has 1 amide bonds. The Labute approximate surface area is 205 Å². The van der Waals surface area contributed by atoms with Crippen molar-refractivity contribution < 1.29 is 4.79 Å². The Hall–Kier alpha value is -3.36. The monoisotopic (exact) mass is 479 g/mol. The molecular weight excluding hydrogens is 450 g/mol. The predicted molar refractivity (Wildman–Crippen MR) is 139 cm³/mol. The summed E-state index contributed by atoms with van der Waals surface area (Å²) in [7, 11) is 2.15. The summed E-state index contributed by atoms with van der Waals surface area (Å²) >= 11 is 6.38. The Kier molecular flexibility index (Phi) is 7.49. The van der Waals surface area contributed by atoms with E-state index in [2.05, 4.69) is 54.9 Å². The SMILES string of the molecule is CC(C)NC(=O)c1ccccc1Nc1nc(Nc2cccc(N3CCN(C)CC3)c2)ncc1Cl. The first-order valence-electron chi connectivity index (χ1n) is 11.4. The van der Waals surface area contributed by atoms with Crippen molar-refractivity contribution in [3.05, 3.63) is 65.3 Å². The number of rotatable bonds is 7. The Morgan fingerprint density at radius 1 is 1.03 bits per heavy atom. The van der Waals surface area contributed by atoms with Gasteiger partial charge in [-0.1, -0.05) is 29.8 Å². The number of carbonyl (C=O) groups is 1. The summed E-state index contributed by atoms with van der Waals surface area (Å²) in [5.74, 6) is 0.660. The minimum Gasteiger partial charge on any atom is -0.369 e. The van der Waals surface area contributed by atoms with Crippen molar-refractivity contribution in [3.8, 4) is 0 Å². The van der Waals surface area contributed by atoms with Gasteiger partial charge in [-0.25, -0.2) is 4.98 Å². The molecule has 0 atom stereocenters. The van der Waals surface area contributed by atoms with Crippen LogP contribution in [0.2, 0.25) is 5.02 Å². The van der Waals surface area contributed by atoms with Gasteiger partial charge in [0.05, 0.1) is 17.4 Å². The van der Waals surface area contributed by atoms with Crippen LogP contribution in [0.4, 0.5) is 28.8 Å². The smallest absolute Gasteiger partial charge is 0.253 e. The zero-order chi connectivity index (χ0) is 24.1. The minimum absolute atomic E-state index is 0.0283. The molecule has 34 heavy (non-hydrogen) atoms. The predicted octanol–water partition coefficient (Wildman–Crippen LogP) is 4.51. The molecule has 178 valence electrons. The molecule has 2 heterocycles. The highest BCUT2D eigenvalue weighted by atomic mass is 35.5. The van der Waals surface area contributed by atoms with Crippen molar-refractivity contribution in [2.45, 2.75) is 19.9 Å². The summed E-state index contributed by atoms with van der Waals surface area (Å²) in [5.41, 5.74) is 3.18. The molecule has 0 bridgehead atoms. The highest BCUT2D eigenvalue weighted by molar-refractivity contribution is 6.33. The van der Waals surface area contributed by atoms with Crippen LogP contribution in [-0.2, 0) is 0 Å². The molecule has 3 N–H and O–H groups in total. The van der Waals surface area contributed by atoms with Gasteiger partial charge in [0.25, 0.3) is 5.91 Å². The summed E-state index contributed by atoms with van der Waals surface area (Å²) in [6.45, 7) is 7.93. The number of benzene rings is 2. The summed E-state index contributed by atoms with van der Waals surface area (Å²) in [5, 5.41) is 9.74. The quantitative estimate of drug-likeness (QED) is 0.459. The molecule has 0 radical (unpaired) electrons. The van der Waals surface area contributed by atoms with Crippen molar-refractivity contribution in [2.24, 2.45) is 0 Å². The van der Waals surface area contributed by atoms with Crippen LogP contribution in [-0.4, -0.2) is 60.0 Å². The van der Waals surface area contributed by atoms with E-state index in [0.717, 1.165) is 37.6 Å². The van der Waals surface area contributed by atoms with Gasteiger partial charge >= 0.3 is 0 Å². The van der Waals surface area contributed by atoms with Gasteiger partial charge in [-0.05, 0) is 51.2 Å². The minimum atomic E-state index is -0.164. The van der Waals surface area contributed by atoms with Crippen LogP contribution in [0, 0.1) is 0 Å². The van der Waals surface area contributed by atoms with Crippen molar-refractivity contribution in [3.63, 3.8) is 0 Å². The van der Waals surface area contributed by atoms with Crippen molar-refractivity contribution in [2.75, 3.05) is 48.8 Å². The number of nitrogens with one attached hydrogen (secondary N) is 3. The average molecular weight is 480 g/mol. The van der Waals surface area contributed by atoms with Crippen molar-refractivity contribution >= 4 is 46.3 Å². The highest BCUT2D eigenvalue weighted by Crippen LogP contribution is 2.28. The van der Waals surface area contributed by atoms with Gasteiger partial charge in [0.1, 0.15) is 5.02 Å². The third-order valence-electron chi connectivity index (χ3n) is 5.56. The molecule has 3 aromatic rings. The fourth-order valence-corrected chi connectivity index (χ4v) is 3.89. The largest absolute Gasteiger partial charge is 0.369 e. The summed E-state index contributed by atoms with van der Waals surface area (Å²) < 4.78 is 0. The standard InChI is InChI=1S/C25H30ClN7O/c1-17(2)28-24(34)20-9-4-5-10-22(20)30-23-21(26)16-27-25(31-23)29-18-7-6-8-19(15-18)33-13-11-32(3)12-14-33/h4-10,15-17H,11-14H2,1-3H3,(H,28,34)(H2,27,29,30,31). The van der Waals surface area contributed by atoms with E-state index in [-0.39, 0.29) is 11.9 Å². The van der Waals surface area contributed by atoms with Crippen LogP contribution >= 0.6 is 11.6 Å². The topological polar surface area (TPSA) is 85.4 Å². The number of hydrogen-bond donors (Lipinski definition) is 3. The first-order valence-corrected chi connectivity index (χ1v) is 11.8. The van der Waals surface area contributed by atoms with E-state index in [1.165, 1.54) is 0 Å². The fraction of sp³-hybridized carbons (Fsp3) is 0.320. The lowest BCUT2D eigenvalue weighted by Gasteiger charge is -2.34. The lowest BCUT2D eigenvalue weighted by atomic mass is 10.1. The molecule has 1 aliphatic rings. The van der Waals surface area contributed by atoms with E-state index in [4.69, 9.17) is 11.6 Å². The molecule has 2 aromatic carbocycles. The molecule has 1 aromatic heterocycles. The van der Waals surface area contributed by atoms with Crippen LogP contribution < -0.4 is 20.9 Å². The maximum atomic E-state index is 12.6. The third-order valence-corrected chi connectivity index (χ3v) is 5.84. The first kappa shape index (κ1) is 23.8. The van der Waals surface area contributed by atoms with Gasteiger partial charge in [0, 0.05) is 43.6 Å². The second kappa shape index (κ2) is 10.7. The lowest BCUT2D eigenvalue weighted by Crippen LogP contribution is -2.44. The number of halogens is 1. The Morgan fingerprint density at radius 3 is 2.56 bits per heavy atom. The summed E-state index contributed by atoms with van der Waals surface area (Å²) in [4.78, 5) is 26.2. The number of amides is 1. The van der Waals surface area contributed by atoms with Gasteiger partial charge in [-0.3, -0.25) is 4.79 Å². The second-order valence-electron chi connectivity index (χ2n) is 8.65. The lowest BCUT2D eigenvalue weighted by molar-refractivity contribution is 0.0944. The zero-order valence-corrected chi connectivity index (χ0v) is 20.4. The van der Waals surface area contributed by atoms with E-state index in [9.17, 15) is 4.79 Å². The van der Waals surface area contributed by atoms with Gasteiger partial charge in [-0.15, -0.1) is 0 Å². The van der Waals surface area contributed by atoms with E-state index in [1.807, 2.05) is 44.2 Å². The van der Waals surface area contributed by atoms with E-state index < -0.39 is 0 Å². The number of carbonyl (C=O) groups excluding carboxylic acids is 1. The van der Waals surface area contributed by atoms with Crippen molar-refractivity contribution in [1.29, 1.82) is 0 Å². The summed E-state index contributed by atoms with van der Waals surface area (Å²) in [6, 6.07) is 15.5. The molecule has 0 unspecified atom stereocenters. The third kappa shape index (κ3) is 5.95. The maximum Gasteiger partial charge on any atom is 0.253 e. The van der Waals surface area contributed by atoms with Gasteiger partial charge < -0.3 is 25.8 Å². The van der Waals surface area contributed by atoms with Crippen LogP contribution in [0.3, 0.4) is 0 Å². The molecule has 1 fully saturated rings. The van der Waals surface area contributed by atoms with E-state index >= 15 is 0 Å². The summed E-state index contributed by atoms with van der Waals surface area (Å²) in [6.07, 6.45) is 1.54. The maximum absolute atomic E-state index is 12.6. The van der Waals surface area contributed by atoms with Crippen LogP contribution in [0.5, 0.6) is 0 Å². The first-order chi connectivity index (χ1) is 16.4. The molecule has 0 aliphatic carbocycles. The number of nitrogens with zero attached hydrogens (tertiary/aromatic N) is 4. The molecular formula is C25H30ClN7O. The number of aromatic nitrogens is 2. The molecule has 9 heteroatoms. The fourth-order valence-electron chi connectivity index (χ4n) is 3.75. The Bertz CT molecular complexity index is 1150. The van der Waals surface area contributed by atoms with Gasteiger partial charge in [-0.2, -0.15) is 4.98 Å². The van der Waals surface area contributed by atoms with E-state index in [1.54, 1.807) is 12.3 Å². The number of piperazine rings is 1. The van der Waals surface area contributed by atoms with Crippen molar-refractivity contribution in [1.82, 2.24) is 20.2 Å². The van der Waals surface area contributed by atoms with E-state index in [0.29, 0.717) is 28.0 Å². The molecule has 0 spiro atoms. The second-order valence-corrected chi connectivity index (χ2v) is 9.06. The normalized spacial score (nSPS) is 14.2. The molecule has 8 nitrogen and oxygen atoms in total. The molecule has 1 saturated heterocycles. The average Bonchev–Trinajstić information content (AvgIpc) is 2.82. The Balaban J connectivity index is 1.52. The molecule has 1 aliphatic heterocycles. The van der Waals surface area contributed by atoms with Crippen LogP contribution in [0.15, 0.2) is 54.7 Å². The number of para-hydroxylation sites is 1. The molecule has 4 rings (SSSR count). The number of anilines is 5.